The van der Waals surface area contributed by atoms with Crippen LogP contribution in [0.15, 0.2) is 109 Å². The van der Waals surface area contributed by atoms with Crippen molar-refractivity contribution in [1.29, 1.82) is 0 Å². The average Bonchev–Trinajstić information content (AvgIpc) is 3.21. The number of ether oxygens (including phenoxy) is 2. The number of unbranched alkanes of at least 4 members (excludes halogenated alkanes) is 6. The van der Waals surface area contributed by atoms with E-state index < -0.39 is 70.6 Å². The summed E-state index contributed by atoms with van der Waals surface area (Å²) in [5.41, 5.74) is 0. The number of esters is 2. The molecule has 0 aliphatic heterocycles. The molecule has 0 aromatic carbocycles. The Hall–Kier alpha value is -3.45. The molecule has 5 N–H and O–H groups in total. The average molecular weight is 849 g/mol. The maximum Gasteiger partial charge on any atom is 0.472 e. The van der Waals surface area contributed by atoms with Crippen LogP contribution in [0.25, 0.3) is 0 Å². The Morgan fingerprint density at radius 2 is 1.17 bits per heavy atom. The highest BCUT2D eigenvalue weighted by Crippen LogP contribution is 2.43. The van der Waals surface area contributed by atoms with Gasteiger partial charge >= 0.3 is 19.8 Å². The zero-order chi connectivity index (χ0) is 43.7. The number of carbonyl (C=O) groups excluding carboxylic acids is 2. The van der Waals surface area contributed by atoms with E-state index in [2.05, 4.69) is 47.9 Å². The minimum Gasteiger partial charge on any atom is -0.462 e. The molecule has 0 aromatic heterocycles. The van der Waals surface area contributed by atoms with Gasteiger partial charge in [-0.1, -0.05) is 142 Å². The molecular weight excluding hydrogens is 775 g/mol. The first-order valence-electron chi connectivity index (χ1n) is 21.1. The van der Waals surface area contributed by atoms with Crippen molar-refractivity contribution in [3.05, 3.63) is 109 Å². The summed E-state index contributed by atoms with van der Waals surface area (Å²) in [6.07, 6.45) is 42.7. The van der Waals surface area contributed by atoms with Crippen LogP contribution in [0.2, 0.25) is 0 Å². The Bertz CT molecular complexity index is 1380. The van der Waals surface area contributed by atoms with Crippen molar-refractivity contribution in [1.82, 2.24) is 0 Å². The molecule has 0 heterocycles. The predicted octanol–water partition coefficient (Wildman–Crippen LogP) is 8.94. The molecular formula is C46H73O12P. The highest BCUT2D eigenvalue weighted by atomic mass is 31.2. The van der Waals surface area contributed by atoms with E-state index in [-0.39, 0.29) is 12.8 Å². The van der Waals surface area contributed by atoms with Crippen LogP contribution in [0, 0.1) is 0 Å². The molecule has 0 saturated heterocycles. The number of allylic oxidation sites excluding steroid dienone is 14. The van der Waals surface area contributed by atoms with Crippen LogP contribution < -0.4 is 0 Å². The van der Waals surface area contributed by atoms with Gasteiger partial charge < -0.3 is 34.8 Å². The molecule has 334 valence electrons. The van der Waals surface area contributed by atoms with Gasteiger partial charge in [0.2, 0.25) is 0 Å². The molecule has 5 atom stereocenters. The van der Waals surface area contributed by atoms with Gasteiger partial charge in [0.25, 0.3) is 0 Å². The van der Waals surface area contributed by atoms with Crippen LogP contribution in [0.3, 0.4) is 0 Å². The number of hydrogen-bond acceptors (Lipinski definition) is 11. The van der Waals surface area contributed by atoms with Gasteiger partial charge in [0, 0.05) is 12.8 Å². The molecule has 0 aliphatic carbocycles. The number of aliphatic hydroxyl groups excluding tert-OH is 4. The van der Waals surface area contributed by atoms with E-state index in [0.717, 1.165) is 57.8 Å². The van der Waals surface area contributed by atoms with Crippen molar-refractivity contribution in [3.63, 3.8) is 0 Å². The second-order valence-electron chi connectivity index (χ2n) is 13.6. The SMILES string of the molecule is CC/C=C\C/C=C\C/C=C\CCCCCCCC(=O)OC[C@H](COP(=O)(O)OC[C@@H](O)CO)OC(=O)CCC/C=C\[C@@H](O)/C=C/C=C\C/C=C\C=C\[C@@H](O)C/C=C\CC. The molecule has 13 heteroatoms. The van der Waals surface area contributed by atoms with E-state index in [1.807, 2.05) is 49.5 Å². The van der Waals surface area contributed by atoms with E-state index in [1.165, 1.54) is 0 Å². The fourth-order valence-electron chi connectivity index (χ4n) is 4.86. The molecule has 0 spiro atoms. The summed E-state index contributed by atoms with van der Waals surface area (Å²) in [5, 5.41) is 38.3. The second kappa shape index (κ2) is 40.0. The van der Waals surface area contributed by atoms with Crippen LogP contribution in [0.4, 0.5) is 0 Å². The van der Waals surface area contributed by atoms with Crippen molar-refractivity contribution >= 4 is 19.8 Å². The fraction of sp³-hybridized carbons (Fsp3) is 0.565. The third kappa shape index (κ3) is 39.8. The van der Waals surface area contributed by atoms with Gasteiger partial charge in [0.05, 0.1) is 32.0 Å². The van der Waals surface area contributed by atoms with Crippen LogP contribution in [0.1, 0.15) is 117 Å². The lowest BCUT2D eigenvalue weighted by Gasteiger charge is -2.20. The smallest absolute Gasteiger partial charge is 0.462 e. The Kier molecular flexibility index (Phi) is 37.6. The van der Waals surface area contributed by atoms with Crippen LogP contribution >= 0.6 is 7.82 Å². The first kappa shape index (κ1) is 55.5. The lowest BCUT2D eigenvalue weighted by Crippen LogP contribution is -2.29. The predicted molar refractivity (Wildman–Crippen MR) is 235 cm³/mol. The zero-order valence-corrected chi connectivity index (χ0v) is 36.3. The van der Waals surface area contributed by atoms with E-state index in [0.29, 0.717) is 32.1 Å². The molecule has 59 heavy (non-hydrogen) atoms. The van der Waals surface area contributed by atoms with Gasteiger partial charge in [-0.2, -0.15) is 0 Å². The number of hydrogen-bond donors (Lipinski definition) is 5. The fourth-order valence-corrected chi connectivity index (χ4v) is 5.65. The molecule has 0 bridgehead atoms. The normalized spacial score (nSPS) is 16.0. The van der Waals surface area contributed by atoms with Gasteiger partial charge in [0.15, 0.2) is 6.10 Å². The third-order valence-electron chi connectivity index (χ3n) is 8.10. The first-order valence-corrected chi connectivity index (χ1v) is 22.6. The number of aliphatic hydroxyl groups is 4. The lowest BCUT2D eigenvalue weighted by molar-refractivity contribution is -0.161. The van der Waals surface area contributed by atoms with Gasteiger partial charge in [-0.15, -0.1) is 0 Å². The highest BCUT2D eigenvalue weighted by molar-refractivity contribution is 7.47. The summed E-state index contributed by atoms with van der Waals surface area (Å²) in [6, 6.07) is 0. The minimum absolute atomic E-state index is 0.0131. The number of phosphoric ester groups is 1. The summed E-state index contributed by atoms with van der Waals surface area (Å²) < 4.78 is 32.5. The second-order valence-corrected chi connectivity index (χ2v) is 15.1. The summed E-state index contributed by atoms with van der Waals surface area (Å²) >= 11 is 0. The highest BCUT2D eigenvalue weighted by Gasteiger charge is 2.27. The third-order valence-corrected chi connectivity index (χ3v) is 9.05. The molecule has 0 saturated carbocycles. The molecule has 0 amide bonds. The Labute approximate surface area is 353 Å². The summed E-state index contributed by atoms with van der Waals surface area (Å²) in [7, 11) is -4.69. The minimum atomic E-state index is -4.69. The first-order chi connectivity index (χ1) is 28.5. The van der Waals surface area contributed by atoms with Crippen LogP contribution in [-0.2, 0) is 32.7 Å². The molecule has 12 nitrogen and oxygen atoms in total. The van der Waals surface area contributed by atoms with Gasteiger partial charge in [0.1, 0.15) is 12.7 Å². The number of phosphoric acid groups is 1. The molecule has 0 aromatic rings. The van der Waals surface area contributed by atoms with E-state index in [1.54, 1.807) is 30.4 Å². The monoisotopic (exact) mass is 848 g/mol. The quantitative estimate of drug-likeness (QED) is 0.0131. The summed E-state index contributed by atoms with van der Waals surface area (Å²) in [4.78, 5) is 35.0. The zero-order valence-electron chi connectivity index (χ0n) is 35.4. The van der Waals surface area contributed by atoms with Gasteiger partial charge in [-0.05, 0) is 70.6 Å². The number of rotatable bonds is 37. The molecule has 0 aliphatic rings. The largest absolute Gasteiger partial charge is 0.472 e. The Balaban J connectivity index is 4.63. The van der Waals surface area contributed by atoms with Gasteiger partial charge in [-0.3, -0.25) is 18.6 Å². The standard InChI is InChI=1S/C46H73O12P/c1-3-5-7-8-9-10-11-12-13-14-15-16-20-23-29-35-45(51)55-39-44(40-57-59(53,54)56-38-43(50)37-47)58-46(52)36-30-24-28-34-42(49)33-27-22-19-17-18-21-26-32-41(48)31-25-6-4-2/h5-7,9-10,12-13,18-19,21-22,25-28,32-34,41-44,47-50H,3-4,8,11,14-17,20,23-24,29-31,35-40H2,1-2H3,(H,53,54)/b7-5-,10-9-,13-12-,21-18-,22-19-,25-6-,32-26+,33-27+,34-28-/t41-,42-,43-,44+/m0/s1. The molecule has 1 unspecified atom stereocenters. The van der Waals surface area contributed by atoms with Crippen molar-refractivity contribution < 1.29 is 58.0 Å². The molecule has 0 rings (SSSR count). The maximum absolute atomic E-state index is 12.6. The van der Waals surface area contributed by atoms with Crippen LogP contribution in [0.5, 0.6) is 0 Å². The van der Waals surface area contributed by atoms with Crippen molar-refractivity contribution in [3.8, 4) is 0 Å². The van der Waals surface area contributed by atoms with Crippen molar-refractivity contribution in [2.75, 3.05) is 26.4 Å². The maximum atomic E-state index is 12.6. The van der Waals surface area contributed by atoms with E-state index >= 15 is 0 Å². The summed E-state index contributed by atoms with van der Waals surface area (Å²) in [5.74, 6) is -1.14. The Morgan fingerprint density at radius 3 is 1.88 bits per heavy atom. The number of carbonyl (C=O) groups is 2. The van der Waals surface area contributed by atoms with E-state index in [9.17, 15) is 34.4 Å². The lowest BCUT2D eigenvalue weighted by atomic mass is 10.1. The Morgan fingerprint density at radius 1 is 0.593 bits per heavy atom. The summed E-state index contributed by atoms with van der Waals surface area (Å²) in [6.45, 7) is 1.80. The van der Waals surface area contributed by atoms with E-state index in [4.69, 9.17) is 19.1 Å². The van der Waals surface area contributed by atoms with Crippen molar-refractivity contribution in [2.24, 2.45) is 0 Å². The molecule has 0 fully saturated rings. The molecule has 0 radical (unpaired) electrons. The van der Waals surface area contributed by atoms with Crippen molar-refractivity contribution in [2.45, 2.75) is 141 Å². The van der Waals surface area contributed by atoms with Crippen LogP contribution in [-0.4, -0.2) is 88.1 Å². The topological polar surface area (TPSA) is 189 Å². The van der Waals surface area contributed by atoms with Gasteiger partial charge in [-0.25, -0.2) is 4.57 Å².